The van der Waals surface area contributed by atoms with Crippen molar-refractivity contribution in [1.29, 1.82) is 0 Å². The van der Waals surface area contributed by atoms with E-state index < -0.39 is 4.92 Å². The summed E-state index contributed by atoms with van der Waals surface area (Å²) in [6, 6.07) is 6.17. The van der Waals surface area contributed by atoms with Gasteiger partial charge in [0.1, 0.15) is 12.2 Å². The molecule has 1 heterocycles. The molecule has 0 radical (unpaired) electrons. The summed E-state index contributed by atoms with van der Waals surface area (Å²) in [5.74, 6) is 0. The van der Waals surface area contributed by atoms with Crippen molar-refractivity contribution in [2.45, 2.75) is 12.2 Å². The highest BCUT2D eigenvalue weighted by Gasteiger charge is 2.39. The van der Waals surface area contributed by atoms with Crippen LogP contribution in [0.15, 0.2) is 24.3 Å². The van der Waals surface area contributed by atoms with Crippen molar-refractivity contribution in [3.05, 3.63) is 39.9 Å². The van der Waals surface area contributed by atoms with E-state index in [1.54, 1.807) is 12.1 Å². The van der Waals surface area contributed by atoms with E-state index in [1.165, 1.54) is 12.1 Å². The van der Waals surface area contributed by atoms with Crippen LogP contribution in [0, 0.1) is 10.1 Å². The number of hydrogen-bond donors (Lipinski definition) is 1. The number of ether oxygens (including phenoxy) is 1. The Morgan fingerprint density at radius 2 is 2.07 bits per heavy atom. The van der Waals surface area contributed by atoms with Crippen LogP contribution in [0.1, 0.15) is 11.7 Å². The predicted octanol–water partition coefficient (Wildman–Crippen LogP) is 1.03. The maximum atomic E-state index is 10.4. The lowest BCUT2D eigenvalue weighted by Gasteiger charge is -1.94. The van der Waals surface area contributed by atoms with Crippen LogP contribution in [0.25, 0.3) is 0 Å². The largest absolute Gasteiger partial charge is 0.394 e. The molecule has 0 unspecified atom stereocenters. The number of nitrogens with zero attached hydrogens (tertiary/aromatic N) is 1. The van der Waals surface area contributed by atoms with Gasteiger partial charge < -0.3 is 9.84 Å². The number of benzene rings is 1. The van der Waals surface area contributed by atoms with Crippen LogP contribution >= 0.6 is 0 Å². The Kier molecular flexibility index (Phi) is 2.18. The van der Waals surface area contributed by atoms with Crippen molar-refractivity contribution >= 4 is 5.69 Å². The fourth-order valence-electron chi connectivity index (χ4n) is 1.36. The van der Waals surface area contributed by atoms with Gasteiger partial charge in [0, 0.05) is 12.1 Å². The summed E-state index contributed by atoms with van der Waals surface area (Å²) in [4.78, 5) is 9.91. The summed E-state index contributed by atoms with van der Waals surface area (Å²) in [5.41, 5.74) is 0.935. The smallest absolute Gasteiger partial charge is 0.269 e. The number of nitro benzene ring substituents is 1. The zero-order chi connectivity index (χ0) is 10.1. The van der Waals surface area contributed by atoms with Gasteiger partial charge in [0.25, 0.3) is 5.69 Å². The average molecular weight is 195 g/mol. The summed E-state index contributed by atoms with van der Waals surface area (Å²) < 4.78 is 5.13. The van der Waals surface area contributed by atoms with Gasteiger partial charge in [0.15, 0.2) is 0 Å². The van der Waals surface area contributed by atoms with E-state index in [0.29, 0.717) is 0 Å². The number of nitro groups is 1. The molecule has 1 saturated heterocycles. The van der Waals surface area contributed by atoms with E-state index in [9.17, 15) is 10.1 Å². The lowest BCUT2D eigenvalue weighted by molar-refractivity contribution is -0.384. The molecule has 2 rings (SSSR count). The lowest BCUT2D eigenvalue weighted by atomic mass is 10.1. The van der Waals surface area contributed by atoms with E-state index in [1.807, 2.05) is 0 Å². The van der Waals surface area contributed by atoms with E-state index in [0.717, 1.165) is 5.56 Å². The SMILES string of the molecule is O=[N+]([O-])c1ccc([C@H]2O[C@@H]2CO)cc1. The predicted molar refractivity (Wildman–Crippen MR) is 47.8 cm³/mol. The van der Waals surface area contributed by atoms with Crippen LogP contribution in [0.5, 0.6) is 0 Å². The van der Waals surface area contributed by atoms with E-state index in [4.69, 9.17) is 9.84 Å². The summed E-state index contributed by atoms with van der Waals surface area (Å²) >= 11 is 0. The van der Waals surface area contributed by atoms with Gasteiger partial charge >= 0.3 is 0 Å². The number of non-ortho nitro benzene ring substituents is 1. The van der Waals surface area contributed by atoms with Gasteiger partial charge in [-0.1, -0.05) is 0 Å². The van der Waals surface area contributed by atoms with Gasteiger partial charge in [-0.3, -0.25) is 10.1 Å². The van der Waals surface area contributed by atoms with Crippen LogP contribution < -0.4 is 0 Å². The molecule has 0 saturated carbocycles. The summed E-state index contributed by atoms with van der Waals surface area (Å²) in [6.07, 6.45) is -0.239. The number of aliphatic hydroxyl groups is 1. The molecule has 74 valence electrons. The van der Waals surface area contributed by atoms with Crippen LogP contribution in [-0.4, -0.2) is 22.7 Å². The molecule has 1 aliphatic heterocycles. The molecule has 1 aliphatic rings. The lowest BCUT2D eigenvalue weighted by Crippen LogP contribution is -1.94. The van der Waals surface area contributed by atoms with Crippen LogP contribution in [0.4, 0.5) is 5.69 Å². The molecule has 2 atom stereocenters. The molecule has 1 aromatic rings. The van der Waals surface area contributed by atoms with Crippen molar-refractivity contribution in [3.8, 4) is 0 Å². The van der Waals surface area contributed by atoms with E-state index in [-0.39, 0.29) is 24.5 Å². The highest BCUT2D eigenvalue weighted by atomic mass is 16.6. The quantitative estimate of drug-likeness (QED) is 0.444. The van der Waals surface area contributed by atoms with Crippen LogP contribution in [0.2, 0.25) is 0 Å². The van der Waals surface area contributed by atoms with Gasteiger partial charge in [-0.05, 0) is 17.7 Å². The first kappa shape index (κ1) is 9.11. The Morgan fingerprint density at radius 3 is 2.50 bits per heavy atom. The molecule has 1 N–H and O–H groups in total. The Morgan fingerprint density at radius 1 is 1.43 bits per heavy atom. The van der Waals surface area contributed by atoms with Gasteiger partial charge in [0.2, 0.25) is 0 Å². The van der Waals surface area contributed by atoms with E-state index in [2.05, 4.69) is 0 Å². The van der Waals surface area contributed by atoms with Gasteiger partial charge in [-0.2, -0.15) is 0 Å². The van der Waals surface area contributed by atoms with Gasteiger partial charge in [-0.15, -0.1) is 0 Å². The van der Waals surface area contributed by atoms with Crippen molar-refractivity contribution in [1.82, 2.24) is 0 Å². The Labute approximate surface area is 80.1 Å². The Balaban J connectivity index is 2.11. The molecule has 5 heteroatoms. The van der Waals surface area contributed by atoms with E-state index >= 15 is 0 Å². The summed E-state index contributed by atoms with van der Waals surface area (Å²) in [7, 11) is 0. The first-order valence-electron chi connectivity index (χ1n) is 4.23. The topological polar surface area (TPSA) is 75.9 Å². The molecule has 14 heavy (non-hydrogen) atoms. The zero-order valence-corrected chi connectivity index (χ0v) is 7.29. The maximum absolute atomic E-state index is 10.4. The molecule has 0 aromatic heterocycles. The molecule has 0 amide bonds. The molecular weight excluding hydrogens is 186 g/mol. The van der Waals surface area contributed by atoms with Gasteiger partial charge in [-0.25, -0.2) is 0 Å². The first-order chi connectivity index (χ1) is 6.72. The third-order valence-corrected chi connectivity index (χ3v) is 2.19. The second-order valence-electron chi connectivity index (χ2n) is 3.13. The first-order valence-corrected chi connectivity index (χ1v) is 4.23. The third kappa shape index (κ3) is 1.59. The minimum absolute atomic E-state index is 0.0122. The van der Waals surface area contributed by atoms with Crippen molar-refractivity contribution in [2.24, 2.45) is 0 Å². The second-order valence-corrected chi connectivity index (χ2v) is 3.13. The molecule has 0 aliphatic carbocycles. The average Bonchev–Trinajstić information content (AvgIpc) is 2.97. The highest BCUT2D eigenvalue weighted by molar-refractivity contribution is 5.35. The molecule has 5 nitrogen and oxygen atoms in total. The van der Waals surface area contributed by atoms with Gasteiger partial charge in [0.05, 0.1) is 11.5 Å². The van der Waals surface area contributed by atoms with Crippen LogP contribution in [0.3, 0.4) is 0 Å². The molecule has 0 bridgehead atoms. The second kappa shape index (κ2) is 3.36. The number of epoxide rings is 1. The number of rotatable bonds is 3. The monoisotopic (exact) mass is 195 g/mol. The number of hydrogen-bond acceptors (Lipinski definition) is 4. The number of aliphatic hydroxyl groups excluding tert-OH is 1. The Bertz CT molecular complexity index is 348. The molecule has 1 aromatic carbocycles. The Hall–Kier alpha value is -1.46. The highest BCUT2D eigenvalue weighted by Crippen LogP contribution is 2.38. The normalized spacial score (nSPS) is 24.6. The minimum Gasteiger partial charge on any atom is -0.394 e. The molecule has 0 spiro atoms. The van der Waals surface area contributed by atoms with Crippen LogP contribution in [-0.2, 0) is 4.74 Å². The fraction of sp³-hybridized carbons (Fsp3) is 0.333. The molecule has 1 fully saturated rings. The zero-order valence-electron chi connectivity index (χ0n) is 7.29. The maximum Gasteiger partial charge on any atom is 0.269 e. The summed E-state index contributed by atoms with van der Waals surface area (Å²) in [6.45, 7) is -0.0122. The fourth-order valence-corrected chi connectivity index (χ4v) is 1.36. The molecular formula is C9H9NO4. The van der Waals surface area contributed by atoms with Crippen molar-refractivity contribution < 1.29 is 14.8 Å². The van der Waals surface area contributed by atoms with Crippen molar-refractivity contribution in [2.75, 3.05) is 6.61 Å². The van der Waals surface area contributed by atoms with Crippen molar-refractivity contribution in [3.63, 3.8) is 0 Å². The standard InChI is InChI=1S/C9H9NO4/c11-5-8-9(14-8)6-1-3-7(4-2-6)10(12)13/h1-4,8-9,11H,5H2/t8-,9-/m1/s1. The summed E-state index contributed by atoms with van der Waals surface area (Å²) in [5, 5.41) is 19.1. The third-order valence-electron chi connectivity index (χ3n) is 2.19. The minimum atomic E-state index is -0.443.